The van der Waals surface area contributed by atoms with E-state index in [1.807, 2.05) is 35.7 Å². The molecular weight excluding hydrogens is 282 g/mol. The molecule has 1 aliphatic carbocycles. The van der Waals surface area contributed by atoms with Crippen molar-refractivity contribution in [2.24, 2.45) is 0 Å². The minimum absolute atomic E-state index is 0.282. The molecule has 2 aromatic heterocycles. The molecule has 2 amide bonds. The van der Waals surface area contributed by atoms with Crippen LogP contribution in [0.2, 0.25) is 0 Å². The summed E-state index contributed by atoms with van der Waals surface area (Å²) < 4.78 is 1.84. The van der Waals surface area contributed by atoms with Gasteiger partial charge in [-0.15, -0.1) is 10.2 Å². The number of hydrogen-bond donors (Lipinski definition) is 3. The zero-order valence-electron chi connectivity index (χ0n) is 12.6. The van der Waals surface area contributed by atoms with E-state index in [0.29, 0.717) is 5.82 Å². The van der Waals surface area contributed by atoms with Gasteiger partial charge in [-0.2, -0.15) is 0 Å². The van der Waals surface area contributed by atoms with Crippen LogP contribution < -0.4 is 10.6 Å². The van der Waals surface area contributed by atoms with Crippen LogP contribution in [-0.2, 0) is 0 Å². The van der Waals surface area contributed by atoms with E-state index < -0.39 is 5.60 Å². The molecule has 3 N–H and O–H groups in total. The topological polar surface area (TPSA) is 91.5 Å². The summed E-state index contributed by atoms with van der Waals surface area (Å²) in [6.07, 6.45) is 5.39. The first kappa shape index (κ1) is 14.8. The molecule has 7 nitrogen and oxygen atoms in total. The second-order valence-corrected chi connectivity index (χ2v) is 5.97. The van der Waals surface area contributed by atoms with Gasteiger partial charge in [0.05, 0.1) is 11.6 Å². The van der Waals surface area contributed by atoms with Crippen LogP contribution in [-0.4, -0.2) is 37.9 Å². The highest BCUT2D eigenvalue weighted by molar-refractivity contribution is 5.74. The molecule has 0 aliphatic heterocycles. The third-order valence-electron chi connectivity index (χ3n) is 4.19. The largest absolute Gasteiger partial charge is 0.388 e. The van der Waals surface area contributed by atoms with E-state index in [4.69, 9.17) is 0 Å². The number of nitrogens with zero attached hydrogens (tertiary/aromatic N) is 3. The number of aromatic nitrogens is 3. The minimum Gasteiger partial charge on any atom is -0.388 e. The number of amides is 2. The normalized spacial score (nSPS) is 18.3. The molecule has 3 rings (SSSR count). The van der Waals surface area contributed by atoms with Gasteiger partial charge >= 0.3 is 6.03 Å². The predicted molar refractivity (Wildman–Crippen MR) is 81.4 cm³/mol. The standard InChI is InChI=1S/C15H21N5O2/c1-11(13-19-18-12-6-2-5-9-20(12)13)17-14(21)16-10-15(22)7-3-4-8-15/h2,5-6,9,11,22H,3-4,7-8,10H2,1H3,(H2,16,17,21). The summed E-state index contributed by atoms with van der Waals surface area (Å²) in [5.74, 6) is 0.672. The van der Waals surface area contributed by atoms with Crippen molar-refractivity contribution >= 4 is 11.7 Å². The van der Waals surface area contributed by atoms with E-state index in [2.05, 4.69) is 20.8 Å². The molecule has 1 atom stereocenters. The van der Waals surface area contributed by atoms with Crippen LogP contribution >= 0.6 is 0 Å². The molecule has 1 unspecified atom stereocenters. The van der Waals surface area contributed by atoms with Crippen molar-refractivity contribution < 1.29 is 9.90 Å². The Bertz CT molecular complexity index is 663. The average molecular weight is 303 g/mol. The van der Waals surface area contributed by atoms with Gasteiger partial charge in [-0.25, -0.2) is 4.79 Å². The minimum atomic E-state index is -0.748. The first-order valence-electron chi connectivity index (χ1n) is 7.64. The van der Waals surface area contributed by atoms with Crippen molar-refractivity contribution in [1.29, 1.82) is 0 Å². The lowest BCUT2D eigenvalue weighted by molar-refractivity contribution is 0.0500. The Morgan fingerprint density at radius 2 is 2.18 bits per heavy atom. The zero-order valence-corrected chi connectivity index (χ0v) is 12.6. The highest BCUT2D eigenvalue weighted by atomic mass is 16.3. The summed E-state index contributed by atoms with van der Waals surface area (Å²) in [5.41, 5.74) is -0.00545. The third kappa shape index (κ3) is 3.04. The number of aliphatic hydroxyl groups is 1. The molecule has 2 heterocycles. The Hall–Kier alpha value is -2.15. The van der Waals surface area contributed by atoms with Gasteiger partial charge in [-0.3, -0.25) is 4.40 Å². The Morgan fingerprint density at radius 1 is 1.41 bits per heavy atom. The first-order chi connectivity index (χ1) is 10.6. The maximum Gasteiger partial charge on any atom is 0.315 e. The highest BCUT2D eigenvalue weighted by Gasteiger charge is 2.31. The molecule has 1 saturated carbocycles. The van der Waals surface area contributed by atoms with Crippen LogP contribution in [0.4, 0.5) is 4.79 Å². The van der Waals surface area contributed by atoms with Gasteiger partial charge in [-0.1, -0.05) is 18.9 Å². The lowest BCUT2D eigenvalue weighted by Crippen LogP contribution is -2.45. The van der Waals surface area contributed by atoms with Crippen LogP contribution in [0.15, 0.2) is 24.4 Å². The van der Waals surface area contributed by atoms with Crippen LogP contribution in [0.1, 0.15) is 44.5 Å². The molecule has 2 aromatic rings. The quantitative estimate of drug-likeness (QED) is 0.796. The van der Waals surface area contributed by atoms with Gasteiger partial charge in [0, 0.05) is 12.7 Å². The Morgan fingerprint density at radius 3 is 2.95 bits per heavy atom. The highest BCUT2D eigenvalue weighted by Crippen LogP contribution is 2.28. The number of carbonyl (C=O) groups is 1. The number of pyridine rings is 1. The third-order valence-corrected chi connectivity index (χ3v) is 4.19. The number of urea groups is 1. The number of nitrogens with one attached hydrogen (secondary N) is 2. The number of rotatable bonds is 4. The molecule has 0 radical (unpaired) electrons. The lowest BCUT2D eigenvalue weighted by Gasteiger charge is -2.23. The van der Waals surface area contributed by atoms with Crippen LogP contribution in [0, 0.1) is 0 Å². The van der Waals surface area contributed by atoms with E-state index in [0.717, 1.165) is 31.3 Å². The summed E-state index contributed by atoms with van der Waals surface area (Å²) in [6.45, 7) is 2.14. The van der Waals surface area contributed by atoms with Crippen molar-refractivity contribution in [3.63, 3.8) is 0 Å². The molecule has 0 aromatic carbocycles. The van der Waals surface area contributed by atoms with Crippen LogP contribution in [0.3, 0.4) is 0 Å². The lowest BCUT2D eigenvalue weighted by atomic mass is 10.0. The van der Waals surface area contributed by atoms with Gasteiger partial charge in [-0.05, 0) is 31.9 Å². The average Bonchev–Trinajstić information content (AvgIpc) is 3.12. The smallest absolute Gasteiger partial charge is 0.315 e. The first-order valence-corrected chi connectivity index (χ1v) is 7.64. The predicted octanol–water partition coefficient (Wildman–Crippen LogP) is 1.39. The van der Waals surface area contributed by atoms with E-state index in [1.165, 1.54) is 0 Å². The molecule has 0 bridgehead atoms. The Balaban J connectivity index is 1.59. The molecule has 1 aliphatic rings. The molecule has 0 saturated heterocycles. The van der Waals surface area contributed by atoms with Crippen molar-refractivity contribution in [2.45, 2.75) is 44.2 Å². The maximum atomic E-state index is 12.0. The maximum absolute atomic E-state index is 12.0. The summed E-state index contributed by atoms with van der Waals surface area (Å²) >= 11 is 0. The zero-order chi connectivity index (χ0) is 15.6. The molecule has 22 heavy (non-hydrogen) atoms. The second kappa shape index (κ2) is 5.92. The second-order valence-electron chi connectivity index (χ2n) is 5.97. The Labute approximate surface area is 128 Å². The van der Waals surface area contributed by atoms with Gasteiger partial charge < -0.3 is 15.7 Å². The van der Waals surface area contributed by atoms with Gasteiger partial charge in [0.1, 0.15) is 0 Å². The van der Waals surface area contributed by atoms with E-state index in [9.17, 15) is 9.90 Å². The monoisotopic (exact) mass is 303 g/mol. The summed E-state index contributed by atoms with van der Waals surface area (Å²) in [5, 5.41) is 24.0. The summed E-state index contributed by atoms with van der Waals surface area (Å²) in [6, 6.07) is 5.05. The number of carbonyl (C=O) groups excluding carboxylic acids is 1. The van der Waals surface area contributed by atoms with Gasteiger partial charge in [0.15, 0.2) is 11.5 Å². The van der Waals surface area contributed by atoms with Crippen molar-refractivity contribution in [1.82, 2.24) is 25.2 Å². The van der Waals surface area contributed by atoms with Crippen molar-refractivity contribution in [2.75, 3.05) is 6.54 Å². The van der Waals surface area contributed by atoms with Crippen LogP contribution in [0.25, 0.3) is 5.65 Å². The van der Waals surface area contributed by atoms with Crippen LogP contribution in [0.5, 0.6) is 0 Å². The van der Waals surface area contributed by atoms with Gasteiger partial charge in [0.2, 0.25) is 0 Å². The van der Waals surface area contributed by atoms with Gasteiger partial charge in [0.25, 0.3) is 0 Å². The fraction of sp³-hybridized carbons (Fsp3) is 0.533. The Kier molecular flexibility index (Phi) is 3.98. The van der Waals surface area contributed by atoms with E-state index >= 15 is 0 Å². The van der Waals surface area contributed by atoms with Crippen molar-refractivity contribution in [3.8, 4) is 0 Å². The molecule has 1 fully saturated rings. The molecular formula is C15H21N5O2. The molecule has 118 valence electrons. The number of fused-ring (bicyclic) bond motifs is 1. The number of hydrogen-bond acceptors (Lipinski definition) is 4. The molecule has 0 spiro atoms. The fourth-order valence-corrected chi connectivity index (χ4v) is 2.92. The van der Waals surface area contributed by atoms with E-state index in [-0.39, 0.29) is 18.6 Å². The van der Waals surface area contributed by atoms with Crippen molar-refractivity contribution in [3.05, 3.63) is 30.2 Å². The SMILES string of the molecule is CC(NC(=O)NCC1(O)CCCC1)c1nnc2ccccn12. The summed E-state index contributed by atoms with van der Waals surface area (Å²) in [4.78, 5) is 12.0. The van der Waals surface area contributed by atoms with E-state index in [1.54, 1.807) is 0 Å². The summed E-state index contributed by atoms with van der Waals surface area (Å²) in [7, 11) is 0. The fourth-order valence-electron chi connectivity index (χ4n) is 2.92. The molecule has 7 heteroatoms.